The highest BCUT2D eigenvalue weighted by atomic mass is 32.1. The van der Waals surface area contributed by atoms with E-state index in [9.17, 15) is 9.90 Å². The number of ether oxygens (including phenoxy) is 1. The zero-order valence-corrected chi connectivity index (χ0v) is 11.0. The molecule has 1 aromatic rings. The Morgan fingerprint density at radius 2 is 2.44 bits per heavy atom. The van der Waals surface area contributed by atoms with Crippen LogP contribution in [0.25, 0.3) is 0 Å². The minimum absolute atomic E-state index is 0.354. The number of hydrogen-bond acceptors (Lipinski definition) is 5. The number of carboxylic acids is 1. The van der Waals surface area contributed by atoms with Crippen LogP contribution < -0.4 is 5.32 Å². The summed E-state index contributed by atoms with van der Waals surface area (Å²) < 4.78 is 5.16. The van der Waals surface area contributed by atoms with E-state index in [1.807, 2.05) is 6.92 Å². The van der Waals surface area contributed by atoms with Crippen LogP contribution >= 0.6 is 11.3 Å². The van der Waals surface area contributed by atoms with Crippen molar-refractivity contribution in [3.63, 3.8) is 0 Å². The molecular weight excluding hydrogens is 254 g/mol. The van der Waals surface area contributed by atoms with E-state index in [1.165, 1.54) is 11.3 Å². The Balaban J connectivity index is 1.88. The second-order valence-electron chi connectivity index (χ2n) is 4.63. The summed E-state index contributed by atoms with van der Waals surface area (Å²) >= 11 is 1.28. The maximum atomic E-state index is 10.8. The summed E-state index contributed by atoms with van der Waals surface area (Å²) in [5.74, 6) is -0.892. The third kappa shape index (κ3) is 3.08. The fourth-order valence-electron chi connectivity index (χ4n) is 1.97. The number of aromatic carboxylic acids is 1. The molecule has 1 aromatic heterocycles. The number of aliphatic hydroxyl groups is 1. The van der Waals surface area contributed by atoms with Gasteiger partial charge in [0.2, 0.25) is 0 Å². The van der Waals surface area contributed by atoms with Gasteiger partial charge < -0.3 is 20.3 Å². The average molecular weight is 271 g/mol. The zero-order chi connectivity index (χ0) is 13.2. The lowest BCUT2D eigenvalue weighted by atomic mass is 10.0. The van der Waals surface area contributed by atoms with Crippen LogP contribution in [0.4, 0.5) is 0 Å². The lowest BCUT2D eigenvalue weighted by Gasteiger charge is -2.20. The van der Waals surface area contributed by atoms with Crippen LogP contribution in [0.5, 0.6) is 0 Å². The molecule has 0 amide bonds. The molecule has 0 spiro atoms. The Labute approximate surface area is 109 Å². The first-order valence-corrected chi connectivity index (χ1v) is 6.65. The van der Waals surface area contributed by atoms with Crippen molar-refractivity contribution in [3.05, 3.63) is 21.4 Å². The largest absolute Gasteiger partial charge is 0.477 e. The fraction of sp³-hybridized carbons (Fsp3) is 0.583. The van der Waals surface area contributed by atoms with Crippen molar-refractivity contribution >= 4 is 17.3 Å². The molecule has 0 radical (unpaired) electrons. The van der Waals surface area contributed by atoms with E-state index < -0.39 is 11.6 Å². The van der Waals surface area contributed by atoms with Crippen molar-refractivity contribution in [1.29, 1.82) is 0 Å². The van der Waals surface area contributed by atoms with Crippen molar-refractivity contribution in [2.45, 2.75) is 25.5 Å². The number of nitrogens with one attached hydrogen (secondary N) is 1. The first kappa shape index (κ1) is 13.5. The Morgan fingerprint density at radius 3 is 3.00 bits per heavy atom. The van der Waals surface area contributed by atoms with Gasteiger partial charge in [0.15, 0.2) is 0 Å². The molecule has 0 aromatic carbocycles. The molecule has 1 atom stereocenters. The van der Waals surface area contributed by atoms with E-state index in [4.69, 9.17) is 9.84 Å². The molecule has 5 nitrogen and oxygen atoms in total. The minimum Gasteiger partial charge on any atom is -0.477 e. The second-order valence-corrected chi connectivity index (χ2v) is 5.88. The van der Waals surface area contributed by atoms with Gasteiger partial charge in [0.05, 0.1) is 6.61 Å². The Bertz CT molecular complexity index is 437. The first-order chi connectivity index (χ1) is 8.50. The van der Waals surface area contributed by atoms with Gasteiger partial charge in [0, 0.05) is 31.0 Å². The van der Waals surface area contributed by atoms with Crippen molar-refractivity contribution in [2.75, 3.05) is 19.8 Å². The zero-order valence-electron chi connectivity index (χ0n) is 10.2. The second kappa shape index (κ2) is 5.36. The minimum atomic E-state index is -0.892. The molecule has 1 fully saturated rings. The van der Waals surface area contributed by atoms with E-state index in [0.29, 0.717) is 37.6 Å². The quantitative estimate of drug-likeness (QED) is 0.744. The summed E-state index contributed by atoms with van der Waals surface area (Å²) in [5.41, 5.74) is 0.194. The standard InChI is InChI=1S/C12H17NO4S/c1-8-9(4-10(18-8)11(14)15)5-13-6-12(16)2-3-17-7-12/h4,13,16H,2-3,5-7H2,1H3,(H,14,15). The maximum absolute atomic E-state index is 10.8. The molecule has 2 heterocycles. The fourth-order valence-corrected chi connectivity index (χ4v) is 2.85. The van der Waals surface area contributed by atoms with Crippen molar-refractivity contribution in [1.82, 2.24) is 5.32 Å². The van der Waals surface area contributed by atoms with Crippen LogP contribution in [-0.2, 0) is 11.3 Å². The number of carbonyl (C=O) groups is 1. The Morgan fingerprint density at radius 1 is 1.67 bits per heavy atom. The number of rotatable bonds is 5. The molecule has 18 heavy (non-hydrogen) atoms. The van der Waals surface area contributed by atoms with Crippen molar-refractivity contribution in [2.24, 2.45) is 0 Å². The monoisotopic (exact) mass is 271 g/mol. The van der Waals surface area contributed by atoms with Gasteiger partial charge in [-0.1, -0.05) is 0 Å². The van der Waals surface area contributed by atoms with E-state index >= 15 is 0 Å². The van der Waals surface area contributed by atoms with Crippen molar-refractivity contribution < 1.29 is 19.7 Å². The van der Waals surface area contributed by atoms with Gasteiger partial charge in [0.1, 0.15) is 10.5 Å². The molecule has 0 bridgehead atoms. The SMILES string of the molecule is Cc1sc(C(=O)O)cc1CNCC1(O)CCOC1. The first-order valence-electron chi connectivity index (χ1n) is 5.84. The van der Waals surface area contributed by atoms with Crippen LogP contribution in [0.15, 0.2) is 6.07 Å². The summed E-state index contributed by atoms with van der Waals surface area (Å²) in [7, 11) is 0. The lowest BCUT2D eigenvalue weighted by Crippen LogP contribution is -2.40. The smallest absolute Gasteiger partial charge is 0.345 e. The number of aryl methyl sites for hydroxylation is 1. The normalized spacial score (nSPS) is 23.4. The van der Waals surface area contributed by atoms with E-state index in [1.54, 1.807) is 6.07 Å². The molecule has 0 saturated carbocycles. The topological polar surface area (TPSA) is 78.8 Å². The number of carboxylic acid groups (broad SMARTS) is 1. The Kier molecular flexibility index (Phi) is 4.01. The van der Waals surface area contributed by atoms with E-state index in [0.717, 1.165) is 10.4 Å². The van der Waals surface area contributed by atoms with Crippen LogP contribution in [0.1, 0.15) is 26.5 Å². The van der Waals surface area contributed by atoms with Gasteiger partial charge in [-0.2, -0.15) is 0 Å². The average Bonchev–Trinajstić information content (AvgIpc) is 2.87. The molecule has 1 saturated heterocycles. The van der Waals surface area contributed by atoms with Crippen LogP contribution in [-0.4, -0.2) is 41.5 Å². The number of hydrogen-bond donors (Lipinski definition) is 3. The van der Waals surface area contributed by atoms with E-state index in [2.05, 4.69) is 5.32 Å². The third-order valence-electron chi connectivity index (χ3n) is 3.08. The predicted molar refractivity (Wildman–Crippen MR) is 68.1 cm³/mol. The molecule has 1 aliphatic rings. The molecule has 1 unspecified atom stereocenters. The van der Waals surface area contributed by atoms with Crippen LogP contribution in [0.2, 0.25) is 0 Å². The lowest BCUT2D eigenvalue weighted by molar-refractivity contribution is 0.0268. The number of thiophene rings is 1. The molecule has 3 N–H and O–H groups in total. The third-order valence-corrected chi connectivity index (χ3v) is 4.16. The summed E-state index contributed by atoms with van der Waals surface area (Å²) in [6, 6.07) is 1.69. The van der Waals surface area contributed by atoms with E-state index in [-0.39, 0.29) is 0 Å². The summed E-state index contributed by atoms with van der Waals surface area (Å²) in [6.45, 7) is 3.89. The Hall–Kier alpha value is -0.950. The van der Waals surface area contributed by atoms with Gasteiger partial charge >= 0.3 is 5.97 Å². The summed E-state index contributed by atoms with van der Waals surface area (Å²) in [6.07, 6.45) is 0.642. The predicted octanol–water partition coefficient (Wildman–Crippen LogP) is 0.996. The molecule has 0 aliphatic carbocycles. The van der Waals surface area contributed by atoms with Gasteiger partial charge in [-0.15, -0.1) is 11.3 Å². The maximum Gasteiger partial charge on any atom is 0.345 e. The molecule has 1 aliphatic heterocycles. The summed E-state index contributed by atoms with van der Waals surface area (Å²) in [5, 5.41) is 22.1. The highest BCUT2D eigenvalue weighted by Gasteiger charge is 2.31. The highest BCUT2D eigenvalue weighted by molar-refractivity contribution is 7.14. The van der Waals surface area contributed by atoms with Gasteiger partial charge in [-0.25, -0.2) is 4.79 Å². The molecule has 100 valence electrons. The molecular formula is C12H17NO4S. The molecule has 2 rings (SSSR count). The van der Waals surface area contributed by atoms with Gasteiger partial charge in [-0.3, -0.25) is 0 Å². The summed E-state index contributed by atoms with van der Waals surface area (Å²) in [4.78, 5) is 12.2. The highest BCUT2D eigenvalue weighted by Crippen LogP contribution is 2.22. The van der Waals surface area contributed by atoms with Gasteiger partial charge in [-0.05, 0) is 18.6 Å². The van der Waals surface area contributed by atoms with Crippen LogP contribution in [0, 0.1) is 6.92 Å². The van der Waals surface area contributed by atoms with Gasteiger partial charge in [0.25, 0.3) is 0 Å². The van der Waals surface area contributed by atoms with Crippen molar-refractivity contribution in [3.8, 4) is 0 Å². The molecule has 6 heteroatoms. The van der Waals surface area contributed by atoms with Crippen LogP contribution in [0.3, 0.4) is 0 Å².